The van der Waals surface area contributed by atoms with Gasteiger partial charge >= 0.3 is 5.97 Å². The molecule has 132 valence electrons. The van der Waals surface area contributed by atoms with Gasteiger partial charge in [0.05, 0.1) is 11.8 Å². The molecule has 3 aromatic rings. The number of rotatable bonds is 5. The lowest BCUT2D eigenvalue weighted by Gasteiger charge is -2.10. The van der Waals surface area contributed by atoms with Crippen LogP contribution in [0.2, 0.25) is 5.02 Å². The van der Waals surface area contributed by atoms with Crippen LogP contribution in [0.5, 0.6) is 0 Å². The zero-order valence-electron chi connectivity index (χ0n) is 13.9. The first kappa shape index (κ1) is 17.7. The van der Waals surface area contributed by atoms with Gasteiger partial charge in [0.25, 0.3) is 5.91 Å². The topological polar surface area (TPSA) is 81.4 Å². The van der Waals surface area contributed by atoms with Gasteiger partial charge in [0.1, 0.15) is 0 Å². The Hall–Kier alpha value is -3.12. The van der Waals surface area contributed by atoms with E-state index in [-0.39, 0.29) is 0 Å². The van der Waals surface area contributed by atoms with Crippen LogP contribution >= 0.6 is 11.6 Å². The van der Waals surface area contributed by atoms with E-state index >= 15 is 0 Å². The SMILES string of the molecule is Cc1c(Cl)cccc1NC(=O)COC(=O)c1ccc(-c2cnco2)cc1. The van der Waals surface area contributed by atoms with Crippen LogP contribution < -0.4 is 5.32 Å². The molecule has 0 radical (unpaired) electrons. The Morgan fingerprint density at radius 1 is 1.19 bits per heavy atom. The van der Waals surface area contributed by atoms with Crippen molar-refractivity contribution in [3.05, 3.63) is 71.2 Å². The molecule has 7 heteroatoms. The number of anilines is 1. The van der Waals surface area contributed by atoms with Gasteiger partial charge in [-0.3, -0.25) is 4.79 Å². The molecule has 0 aliphatic rings. The van der Waals surface area contributed by atoms with Gasteiger partial charge in [-0.05, 0) is 36.8 Å². The number of hydrogen-bond acceptors (Lipinski definition) is 5. The van der Waals surface area contributed by atoms with Crippen LogP contribution in [0.3, 0.4) is 0 Å². The summed E-state index contributed by atoms with van der Waals surface area (Å²) in [5, 5.41) is 3.21. The van der Waals surface area contributed by atoms with E-state index < -0.39 is 18.5 Å². The number of carbonyl (C=O) groups is 2. The summed E-state index contributed by atoms with van der Waals surface area (Å²) in [5.41, 5.74) is 2.44. The van der Waals surface area contributed by atoms with E-state index in [9.17, 15) is 9.59 Å². The molecular weight excluding hydrogens is 356 g/mol. The van der Waals surface area contributed by atoms with Gasteiger partial charge in [0, 0.05) is 16.3 Å². The maximum absolute atomic E-state index is 12.1. The molecule has 3 rings (SSSR count). The summed E-state index contributed by atoms with van der Waals surface area (Å²) in [6, 6.07) is 11.8. The van der Waals surface area contributed by atoms with Crippen molar-refractivity contribution >= 4 is 29.2 Å². The van der Waals surface area contributed by atoms with Crippen LogP contribution in [-0.2, 0) is 9.53 Å². The van der Waals surface area contributed by atoms with Gasteiger partial charge < -0.3 is 14.5 Å². The zero-order valence-corrected chi connectivity index (χ0v) is 14.6. The molecule has 0 aliphatic heterocycles. The highest BCUT2D eigenvalue weighted by atomic mass is 35.5. The molecule has 1 amide bonds. The molecule has 6 nitrogen and oxygen atoms in total. The summed E-state index contributed by atoms with van der Waals surface area (Å²) < 4.78 is 10.2. The highest BCUT2D eigenvalue weighted by Crippen LogP contribution is 2.23. The Morgan fingerprint density at radius 2 is 1.96 bits per heavy atom. The van der Waals surface area contributed by atoms with Crippen molar-refractivity contribution in [3.8, 4) is 11.3 Å². The van der Waals surface area contributed by atoms with Gasteiger partial charge in [-0.25, -0.2) is 9.78 Å². The first-order valence-electron chi connectivity index (χ1n) is 7.75. The van der Waals surface area contributed by atoms with Gasteiger partial charge in [-0.2, -0.15) is 0 Å². The van der Waals surface area contributed by atoms with E-state index in [0.29, 0.717) is 22.0 Å². The zero-order chi connectivity index (χ0) is 18.5. The van der Waals surface area contributed by atoms with E-state index in [4.69, 9.17) is 20.8 Å². The number of esters is 1. The second-order valence-corrected chi connectivity index (χ2v) is 5.89. The average Bonchev–Trinajstić information content (AvgIpc) is 3.18. The molecule has 0 fully saturated rings. The number of nitrogens with one attached hydrogen (secondary N) is 1. The summed E-state index contributed by atoms with van der Waals surface area (Å²) in [5.74, 6) is -0.435. The first-order valence-corrected chi connectivity index (χ1v) is 8.13. The summed E-state index contributed by atoms with van der Waals surface area (Å²) in [4.78, 5) is 27.9. The maximum atomic E-state index is 12.1. The van der Waals surface area contributed by atoms with Crippen LogP contribution in [-0.4, -0.2) is 23.5 Å². The molecule has 0 atom stereocenters. The number of oxazole rings is 1. The van der Waals surface area contributed by atoms with Gasteiger partial charge in [0.2, 0.25) is 0 Å². The lowest BCUT2D eigenvalue weighted by atomic mass is 10.1. The van der Waals surface area contributed by atoms with Crippen molar-refractivity contribution in [1.29, 1.82) is 0 Å². The lowest BCUT2D eigenvalue weighted by molar-refractivity contribution is -0.119. The van der Waals surface area contributed by atoms with Crippen LogP contribution in [0.25, 0.3) is 11.3 Å². The monoisotopic (exact) mass is 370 g/mol. The molecule has 0 unspecified atom stereocenters. The second kappa shape index (κ2) is 7.84. The summed E-state index contributed by atoms with van der Waals surface area (Å²) in [6.45, 7) is 1.40. The van der Waals surface area contributed by atoms with Crippen molar-refractivity contribution in [2.24, 2.45) is 0 Å². The smallest absolute Gasteiger partial charge is 0.338 e. The van der Waals surface area contributed by atoms with Crippen molar-refractivity contribution < 1.29 is 18.7 Å². The van der Waals surface area contributed by atoms with Gasteiger partial charge in [-0.1, -0.05) is 29.8 Å². The second-order valence-electron chi connectivity index (χ2n) is 5.48. The summed E-state index contributed by atoms with van der Waals surface area (Å²) in [7, 11) is 0. The minimum absolute atomic E-state index is 0.333. The highest BCUT2D eigenvalue weighted by Gasteiger charge is 2.12. The minimum Gasteiger partial charge on any atom is -0.452 e. The van der Waals surface area contributed by atoms with Crippen molar-refractivity contribution in [2.45, 2.75) is 6.92 Å². The van der Waals surface area contributed by atoms with Gasteiger partial charge in [0.15, 0.2) is 18.8 Å². The first-order chi connectivity index (χ1) is 12.5. The lowest BCUT2D eigenvalue weighted by Crippen LogP contribution is -2.21. The molecule has 0 spiro atoms. The normalized spacial score (nSPS) is 10.4. The molecule has 0 saturated carbocycles. The third kappa shape index (κ3) is 4.10. The number of ether oxygens (including phenoxy) is 1. The number of carbonyl (C=O) groups excluding carboxylic acids is 2. The number of hydrogen-bond donors (Lipinski definition) is 1. The fourth-order valence-electron chi connectivity index (χ4n) is 2.27. The van der Waals surface area contributed by atoms with Crippen LogP contribution in [0.1, 0.15) is 15.9 Å². The third-order valence-corrected chi connectivity index (χ3v) is 4.12. The van der Waals surface area contributed by atoms with Crippen molar-refractivity contribution in [2.75, 3.05) is 11.9 Å². The predicted octanol–water partition coefficient (Wildman–Crippen LogP) is 4.10. The minimum atomic E-state index is -0.591. The van der Waals surface area contributed by atoms with E-state index in [0.717, 1.165) is 11.1 Å². The molecule has 2 aromatic carbocycles. The van der Waals surface area contributed by atoms with E-state index in [2.05, 4.69) is 10.3 Å². The number of nitrogens with zero attached hydrogens (tertiary/aromatic N) is 1. The molecule has 1 heterocycles. The largest absolute Gasteiger partial charge is 0.452 e. The number of benzene rings is 2. The Balaban J connectivity index is 1.56. The Morgan fingerprint density at radius 3 is 2.65 bits per heavy atom. The fraction of sp³-hybridized carbons (Fsp3) is 0.105. The Kier molecular flexibility index (Phi) is 5.34. The molecule has 0 bridgehead atoms. The number of halogens is 1. The van der Waals surface area contributed by atoms with Crippen LogP contribution in [0.4, 0.5) is 5.69 Å². The molecule has 1 aromatic heterocycles. The van der Waals surface area contributed by atoms with E-state index in [1.165, 1.54) is 6.39 Å². The number of aromatic nitrogens is 1. The van der Waals surface area contributed by atoms with E-state index in [1.54, 1.807) is 55.6 Å². The highest BCUT2D eigenvalue weighted by molar-refractivity contribution is 6.31. The quantitative estimate of drug-likeness (QED) is 0.684. The molecule has 0 aliphatic carbocycles. The number of amides is 1. The van der Waals surface area contributed by atoms with Crippen molar-refractivity contribution in [3.63, 3.8) is 0 Å². The standard InChI is InChI=1S/C19H15ClN2O4/c1-12-15(20)3-2-4-16(12)22-18(23)10-25-19(24)14-7-5-13(6-8-14)17-9-21-11-26-17/h2-9,11H,10H2,1H3,(H,22,23). The molecular formula is C19H15ClN2O4. The summed E-state index contributed by atoms with van der Waals surface area (Å²) >= 11 is 6.01. The molecule has 0 saturated heterocycles. The Labute approximate surface area is 154 Å². The van der Waals surface area contributed by atoms with Crippen molar-refractivity contribution in [1.82, 2.24) is 4.98 Å². The van der Waals surface area contributed by atoms with Gasteiger partial charge in [-0.15, -0.1) is 0 Å². The third-order valence-electron chi connectivity index (χ3n) is 3.71. The van der Waals surface area contributed by atoms with Crippen LogP contribution in [0, 0.1) is 6.92 Å². The fourth-order valence-corrected chi connectivity index (χ4v) is 2.45. The summed E-state index contributed by atoms with van der Waals surface area (Å²) in [6.07, 6.45) is 2.91. The van der Waals surface area contributed by atoms with Crippen LogP contribution in [0.15, 0.2) is 59.5 Å². The Bertz CT molecular complexity index is 921. The molecule has 1 N–H and O–H groups in total. The predicted molar refractivity (Wildman–Crippen MR) is 97.0 cm³/mol. The average molecular weight is 371 g/mol. The maximum Gasteiger partial charge on any atom is 0.338 e. The van der Waals surface area contributed by atoms with E-state index in [1.807, 2.05) is 0 Å². The molecule has 26 heavy (non-hydrogen) atoms.